The van der Waals surface area contributed by atoms with Gasteiger partial charge in [0.05, 0.1) is 13.2 Å². The van der Waals surface area contributed by atoms with Crippen LogP contribution in [-0.2, 0) is 5.54 Å². The Morgan fingerprint density at radius 2 is 1.70 bits per heavy atom. The molecule has 0 aliphatic heterocycles. The zero-order valence-electron chi connectivity index (χ0n) is 16.0. The lowest BCUT2D eigenvalue weighted by molar-refractivity contribution is 0.105. The van der Waals surface area contributed by atoms with Crippen molar-refractivity contribution in [1.29, 1.82) is 0 Å². The van der Waals surface area contributed by atoms with Crippen molar-refractivity contribution in [2.75, 3.05) is 13.2 Å². The van der Waals surface area contributed by atoms with Crippen molar-refractivity contribution in [2.45, 2.75) is 12.5 Å². The van der Waals surface area contributed by atoms with Crippen LogP contribution in [0.25, 0.3) is 44.9 Å². The minimum absolute atomic E-state index is 0.296. The second kappa shape index (κ2) is 6.77. The van der Waals surface area contributed by atoms with E-state index in [1.54, 1.807) is 25.1 Å². The first-order chi connectivity index (χ1) is 14.5. The van der Waals surface area contributed by atoms with Crippen molar-refractivity contribution in [3.05, 3.63) is 54.1 Å². The zero-order chi connectivity index (χ0) is 20.9. The molecule has 4 N–H and O–H groups in total. The van der Waals surface area contributed by atoms with Gasteiger partial charge in [-0.1, -0.05) is 5.16 Å². The predicted octanol–water partition coefficient (Wildman–Crippen LogP) is 2.74. The fourth-order valence-electron chi connectivity index (χ4n) is 3.27. The Balaban J connectivity index is 1.50. The van der Waals surface area contributed by atoms with Crippen LogP contribution in [0.4, 0.5) is 0 Å². The molecule has 9 nitrogen and oxygen atoms in total. The van der Waals surface area contributed by atoms with Gasteiger partial charge in [0.1, 0.15) is 22.4 Å². The molecule has 0 spiro atoms. The first kappa shape index (κ1) is 18.5. The lowest BCUT2D eigenvalue weighted by Crippen LogP contribution is -2.43. The number of aliphatic hydroxyl groups is 2. The van der Waals surface area contributed by atoms with Crippen molar-refractivity contribution in [3.63, 3.8) is 0 Å². The topological polar surface area (TPSA) is 145 Å². The van der Waals surface area contributed by atoms with Crippen LogP contribution in [0.1, 0.15) is 11.7 Å². The molecule has 0 aliphatic rings. The molecule has 5 rings (SSSR count). The van der Waals surface area contributed by atoms with Crippen molar-refractivity contribution in [1.82, 2.24) is 15.1 Å². The molecule has 0 aliphatic carbocycles. The third-order valence-corrected chi connectivity index (χ3v) is 5.00. The van der Waals surface area contributed by atoms with E-state index >= 15 is 0 Å². The molecule has 152 valence electrons. The minimum Gasteiger partial charge on any atom is -0.459 e. The van der Waals surface area contributed by atoms with E-state index in [1.807, 2.05) is 24.3 Å². The van der Waals surface area contributed by atoms with E-state index < -0.39 is 18.8 Å². The maximum atomic E-state index is 9.49. The first-order valence-corrected chi connectivity index (χ1v) is 9.25. The third-order valence-electron chi connectivity index (χ3n) is 5.00. The number of aryl methyl sites for hydroxylation is 1. The number of benzene rings is 2. The molecule has 0 saturated heterocycles. The lowest BCUT2D eigenvalue weighted by atomic mass is 10.00. The Bertz CT molecular complexity index is 1360. The largest absolute Gasteiger partial charge is 0.459 e. The summed E-state index contributed by atoms with van der Waals surface area (Å²) < 4.78 is 16.6. The molecule has 0 fully saturated rings. The first-order valence-electron chi connectivity index (χ1n) is 9.25. The van der Waals surface area contributed by atoms with Crippen LogP contribution in [0.3, 0.4) is 0 Å². The highest BCUT2D eigenvalue weighted by Gasteiger charge is 2.30. The minimum atomic E-state index is -1.35. The standard InChI is InChI=1S/C21H18N4O5/c1-11-23-15-7-13(3-5-17(15)28-11)20-24-19(25-30-20)12-2-4-16-14(6-12)8-18(29-16)21(22,9-26)10-27/h2-8,26-27H,9-10,22H2,1H3. The number of aliphatic hydroxyl groups excluding tert-OH is 2. The molecule has 0 bridgehead atoms. The SMILES string of the molecule is Cc1nc2cc(-c3nc(-c4ccc5oc(C(N)(CO)CO)cc5c4)no3)ccc2o1. The summed E-state index contributed by atoms with van der Waals surface area (Å²) in [6.45, 7) is 0.900. The molecule has 0 saturated carbocycles. The van der Waals surface area contributed by atoms with Crippen LogP contribution in [0.2, 0.25) is 0 Å². The quantitative estimate of drug-likeness (QED) is 0.401. The maximum absolute atomic E-state index is 9.49. The average molecular weight is 406 g/mol. The summed E-state index contributed by atoms with van der Waals surface area (Å²) in [5, 5.41) is 23.8. The number of nitrogens with two attached hydrogens (primary N) is 1. The monoisotopic (exact) mass is 406 g/mol. The molecule has 30 heavy (non-hydrogen) atoms. The number of furan rings is 1. The van der Waals surface area contributed by atoms with Crippen LogP contribution in [0.15, 0.2) is 55.8 Å². The molecule has 3 heterocycles. The van der Waals surface area contributed by atoms with Gasteiger partial charge in [0.15, 0.2) is 11.5 Å². The number of oxazole rings is 1. The van der Waals surface area contributed by atoms with Crippen LogP contribution in [0.5, 0.6) is 0 Å². The number of aromatic nitrogens is 3. The number of hydrogen-bond donors (Lipinski definition) is 3. The highest BCUT2D eigenvalue weighted by Crippen LogP contribution is 2.31. The van der Waals surface area contributed by atoms with Gasteiger partial charge in [0.25, 0.3) is 5.89 Å². The molecular formula is C21H18N4O5. The van der Waals surface area contributed by atoms with Gasteiger partial charge >= 0.3 is 0 Å². The van der Waals surface area contributed by atoms with E-state index in [-0.39, 0.29) is 0 Å². The Labute approximate surface area is 169 Å². The maximum Gasteiger partial charge on any atom is 0.258 e. The van der Waals surface area contributed by atoms with Gasteiger partial charge in [-0.05, 0) is 42.5 Å². The fourth-order valence-corrected chi connectivity index (χ4v) is 3.27. The molecule has 5 aromatic rings. The van der Waals surface area contributed by atoms with Crippen molar-refractivity contribution in [3.8, 4) is 22.8 Å². The van der Waals surface area contributed by atoms with Gasteiger partial charge in [0.2, 0.25) is 5.82 Å². The Kier molecular flexibility index (Phi) is 4.17. The Morgan fingerprint density at radius 1 is 0.933 bits per heavy atom. The van der Waals surface area contributed by atoms with Crippen molar-refractivity contribution >= 4 is 22.1 Å². The predicted molar refractivity (Wildman–Crippen MR) is 107 cm³/mol. The summed E-state index contributed by atoms with van der Waals surface area (Å²) in [4.78, 5) is 8.81. The summed E-state index contributed by atoms with van der Waals surface area (Å²) in [6.07, 6.45) is 0. The number of fused-ring (bicyclic) bond motifs is 2. The van der Waals surface area contributed by atoms with E-state index in [1.165, 1.54) is 0 Å². The third kappa shape index (κ3) is 2.96. The van der Waals surface area contributed by atoms with Gasteiger partial charge in [-0.15, -0.1) is 0 Å². The van der Waals surface area contributed by atoms with Crippen molar-refractivity contribution < 1.29 is 23.6 Å². The van der Waals surface area contributed by atoms with Crippen LogP contribution in [0, 0.1) is 6.92 Å². The average Bonchev–Trinajstić information content (AvgIpc) is 3.48. The van der Waals surface area contributed by atoms with Crippen LogP contribution in [-0.4, -0.2) is 38.6 Å². The Morgan fingerprint density at radius 3 is 2.50 bits per heavy atom. The fraction of sp³-hybridized carbons (Fsp3) is 0.190. The molecule has 9 heteroatoms. The molecule has 0 radical (unpaired) electrons. The van der Waals surface area contributed by atoms with Gasteiger partial charge in [-0.3, -0.25) is 0 Å². The summed E-state index contributed by atoms with van der Waals surface area (Å²) in [6, 6.07) is 12.5. The van der Waals surface area contributed by atoms with E-state index in [0.717, 1.165) is 22.0 Å². The van der Waals surface area contributed by atoms with Gasteiger partial charge in [-0.25, -0.2) is 4.98 Å². The van der Waals surface area contributed by atoms with Gasteiger partial charge in [-0.2, -0.15) is 4.98 Å². The van der Waals surface area contributed by atoms with E-state index in [9.17, 15) is 10.2 Å². The molecule has 0 atom stereocenters. The summed E-state index contributed by atoms with van der Waals surface area (Å²) in [5.41, 5.74) is 8.08. The van der Waals surface area contributed by atoms with E-state index in [4.69, 9.17) is 19.1 Å². The molecule has 0 amide bonds. The smallest absolute Gasteiger partial charge is 0.258 e. The van der Waals surface area contributed by atoms with Crippen LogP contribution < -0.4 is 5.73 Å². The van der Waals surface area contributed by atoms with Crippen LogP contribution >= 0.6 is 0 Å². The lowest BCUT2D eigenvalue weighted by Gasteiger charge is -2.21. The molecule has 3 aromatic heterocycles. The van der Waals surface area contributed by atoms with Crippen molar-refractivity contribution in [2.24, 2.45) is 5.73 Å². The summed E-state index contributed by atoms with van der Waals surface area (Å²) in [7, 11) is 0. The number of hydrogen-bond acceptors (Lipinski definition) is 9. The highest BCUT2D eigenvalue weighted by molar-refractivity contribution is 5.83. The second-order valence-electron chi connectivity index (χ2n) is 7.17. The second-order valence-corrected chi connectivity index (χ2v) is 7.17. The van der Waals surface area contributed by atoms with Gasteiger partial charge in [0, 0.05) is 23.4 Å². The molecule has 2 aromatic carbocycles. The Hall–Kier alpha value is -3.53. The summed E-state index contributed by atoms with van der Waals surface area (Å²) in [5.74, 6) is 1.66. The number of nitrogens with zero attached hydrogens (tertiary/aromatic N) is 3. The van der Waals surface area contributed by atoms with Gasteiger partial charge < -0.3 is 29.3 Å². The molecule has 0 unspecified atom stereocenters. The number of rotatable bonds is 5. The molecular weight excluding hydrogens is 388 g/mol. The summed E-state index contributed by atoms with van der Waals surface area (Å²) >= 11 is 0. The van der Waals surface area contributed by atoms with E-state index in [2.05, 4.69) is 15.1 Å². The zero-order valence-corrected chi connectivity index (χ0v) is 16.0. The van der Waals surface area contributed by atoms with E-state index in [0.29, 0.717) is 34.5 Å². The normalized spacial score (nSPS) is 12.3. The highest BCUT2D eigenvalue weighted by atomic mass is 16.5.